The summed E-state index contributed by atoms with van der Waals surface area (Å²) in [5, 5.41) is 72.4. The molecule has 0 unspecified atom stereocenters. The second-order valence-electron chi connectivity index (χ2n) is 21.9. The van der Waals surface area contributed by atoms with Crippen LogP contribution in [-0.2, 0) is 76.8 Å². The van der Waals surface area contributed by atoms with Gasteiger partial charge in [-0.3, -0.25) is 62.7 Å². The molecule has 3 aromatic rings. The van der Waals surface area contributed by atoms with Gasteiger partial charge in [0.2, 0.25) is 59.1 Å². The van der Waals surface area contributed by atoms with Crippen LogP contribution in [0.4, 0.5) is 0 Å². The number of carboxylic acids is 2. The SMILES string of the molecule is CC(C)C[C@H](N)C(=O)N[C@@H](Cc1ccc(O)cc1)C(=O)N[C@@H](CCCN=C(N)N)C(=O)N[C@@H](C)C(=O)N[C@@H](Cc1cnc[nH]1)C(=O)NCC(=O)N[C@@H](CC(=O)O)C(=O)N[C@@H](C)C(=O)N[C@@H](Cc1ccc(O)cc1)C(=O)N[C@@H](CCCN=C(N)N)C(=O)N[C@@H](CO)C(=O)O. The summed E-state index contributed by atoms with van der Waals surface area (Å²) in [6.07, 6.45) is 1.04. The Morgan fingerprint density at radius 3 is 1.33 bits per heavy atom. The van der Waals surface area contributed by atoms with Crippen LogP contribution < -0.4 is 81.8 Å². The average Bonchev–Trinajstić information content (AvgIpc) is 1.31. The van der Waals surface area contributed by atoms with Crippen molar-refractivity contribution in [2.24, 2.45) is 44.6 Å². The normalized spacial score (nSPS) is 14.1. The monoisotopic (exact) mass is 1310 g/mol. The van der Waals surface area contributed by atoms with Gasteiger partial charge < -0.3 is 112 Å². The van der Waals surface area contributed by atoms with Gasteiger partial charge in [-0.15, -0.1) is 0 Å². The van der Waals surface area contributed by atoms with Crippen LogP contribution in [0.5, 0.6) is 11.5 Å². The van der Waals surface area contributed by atoms with Gasteiger partial charge in [0, 0.05) is 44.2 Å². The van der Waals surface area contributed by atoms with Crippen molar-refractivity contribution in [3.05, 3.63) is 77.9 Å². The maximum absolute atomic E-state index is 14.0. The molecule has 36 nitrogen and oxygen atoms in total. The molecule has 1 heterocycles. The van der Waals surface area contributed by atoms with Crippen LogP contribution in [0.3, 0.4) is 0 Å². The van der Waals surface area contributed by atoms with Gasteiger partial charge in [-0.05, 0) is 87.3 Å². The Bertz CT molecular complexity index is 3090. The molecule has 0 saturated heterocycles. The number of aliphatic hydroxyl groups is 1. The lowest BCUT2D eigenvalue weighted by Gasteiger charge is -2.26. The van der Waals surface area contributed by atoms with Gasteiger partial charge in [-0.1, -0.05) is 38.1 Å². The Morgan fingerprint density at radius 2 is 0.925 bits per heavy atom. The van der Waals surface area contributed by atoms with Gasteiger partial charge in [0.25, 0.3) is 0 Å². The summed E-state index contributed by atoms with van der Waals surface area (Å²) in [5.74, 6) is -13.7. The number of imidazole rings is 1. The van der Waals surface area contributed by atoms with Crippen molar-refractivity contribution < 1.29 is 83.1 Å². The minimum Gasteiger partial charge on any atom is -0.508 e. The van der Waals surface area contributed by atoms with E-state index in [9.17, 15) is 83.1 Å². The third-order valence-electron chi connectivity index (χ3n) is 13.6. The Morgan fingerprint density at radius 1 is 0.516 bits per heavy atom. The van der Waals surface area contributed by atoms with Gasteiger partial charge >= 0.3 is 11.9 Å². The summed E-state index contributed by atoms with van der Waals surface area (Å²) in [4.78, 5) is 175. The zero-order valence-electron chi connectivity index (χ0n) is 51.7. The number of carbonyl (C=O) groups is 12. The first-order chi connectivity index (χ1) is 43.8. The van der Waals surface area contributed by atoms with Gasteiger partial charge in [-0.25, -0.2) is 9.78 Å². The Labute approximate surface area is 533 Å². The number of benzene rings is 2. The van der Waals surface area contributed by atoms with Crippen molar-refractivity contribution >= 4 is 82.9 Å². The summed E-state index contributed by atoms with van der Waals surface area (Å²) >= 11 is 0. The highest BCUT2D eigenvalue weighted by Crippen LogP contribution is 2.15. The second kappa shape index (κ2) is 38.8. The number of hydrogen-bond acceptors (Lipinski definition) is 19. The molecule has 0 aliphatic rings. The van der Waals surface area contributed by atoms with E-state index in [1.165, 1.54) is 68.0 Å². The van der Waals surface area contributed by atoms with Crippen molar-refractivity contribution in [2.45, 2.75) is 146 Å². The van der Waals surface area contributed by atoms with Crippen LogP contribution in [0.2, 0.25) is 0 Å². The molecule has 0 aliphatic heterocycles. The lowest BCUT2D eigenvalue weighted by atomic mass is 10.0. The zero-order chi connectivity index (χ0) is 69.5. The molecule has 26 N–H and O–H groups in total. The number of nitrogens with one attached hydrogen (secondary N) is 11. The number of aromatic hydroxyl groups is 2. The molecule has 510 valence electrons. The van der Waals surface area contributed by atoms with E-state index in [4.69, 9.17) is 28.7 Å². The van der Waals surface area contributed by atoms with Crippen molar-refractivity contribution in [3.8, 4) is 11.5 Å². The summed E-state index contributed by atoms with van der Waals surface area (Å²) in [7, 11) is 0. The largest absolute Gasteiger partial charge is 0.508 e. The van der Waals surface area contributed by atoms with E-state index in [0.717, 1.165) is 6.92 Å². The third-order valence-corrected chi connectivity index (χ3v) is 13.6. The highest BCUT2D eigenvalue weighted by molar-refractivity contribution is 5.99. The number of aromatic nitrogens is 2. The molecule has 10 amide bonds. The first kappa shape index (κ1) is 76.6. The van der Waals surface area contributed by atoms with Gasteiger partial charge in [-0.2, -0.15) is 0 Å². The first-order valence-electron chi connectivity index (χ1n) is 29.3. The first-order valence-corrected chi connectivity index (χ1v) is 29.3. The molecule has 3 rings (SSSR count). The number of hydrogen-bond donors (Lipinski definition) is 21. The molecule has 10 atom stereocenters. The van der Waals surface area contributed by atoms with E-state index in [2.05, 4.69) is 73.1 Å². The number of phenolic OH excluding ortho intramolecular Hbond substituents is 2. The average molecular weight is 1310 g/mol. The number of aliphatic carboxylic acids is 2. The number of aromatic amines is 1. The molecule has 0 fully saturated rings. The van der Waals surface area contributed by atoms with E-state index in [1.54, 1.807) is 0 Å². The zero-order valence-corrected chi connectivity index (χ0v) is 51.7. The topological polar surface area (TPSA) is 610 Å². The number of nitrogens with zero attached hydrogens (tertiary/aromatic N) is 3. The molecule has 0 bridgehead atoms. The van der Waals surface area contributed by atoms with E-state index in [-0.39, 0.29) is 93.8 Å². The molecule has 0 saturated carbocycles. The minimum atomic E-state index is -1.91. The molecule has 0 aliphatic carbocycles. The van der Waals surface area contributed by atoms with E-state index < -0.39 is 151 Å². The lowest BCUT2D eigenvalue weighted by Crippen LogP contribution is -2.59. The van der Waals surface area contributed by atoms with E-state index in [0.29, 0.717) is 16.8 Å². The molecule has 0 radical (unpaired) electrons. The van der Waals surface area contributed by atoms with Gasteiger partial charge in [0.05, 0.1) is 31.9 Å². The molecular weight excluding hydrogens is 1220 g/mol. The van der Waals surface area contributed by atoms with Crippen LogP contribution in [0.15, 0.2) is 71.0 Å². The fourth-order valence-corrected chi connectivity index (χ4v) is 8.69. The molecule has 2 aromatic carbocycles. The van der Waals surface area contributed by atoms with Crippen LogP contribution >= 0.6 is 0 Å². The Balaban J connectivity index is 1.78. The summed E-state index contributed by atoms with van der Waals surface area (Å²) in [5.41, 5.74) is 29.1. The lowest BCUT2D eigenvalue weighted by molar-refractivity contribution is -0.143. The Kier molecular flexibility index (Phi) is 32.0. The van der Waals surface area contributed by atoms with Crippen LogP contribution in [0.1, 0.15) is 83.0 Å². The van der Waals surface area contributed by atoms with Crippen molar-refractivity contribution in [1.82, 2.24) is 63.1 Å². The van der Waals surface area contributed by atoms with Gasteiger partial charge in [0.1, 0.15) is 65.9 Å². The standard InChI is InChI=1S/C57H85N19O17/c1-28(2)19-36(58)48(85)75-40(21-32-11-15-35(79)16-12-32)54(91)71-37(7-5-17-64-56(59)60)50(87)68-29(3)47(84)74-41(22-33-24-63-27-67-33)49(86)66-25-44(80)70-42(23-45(81)82)52(89)69-30(4)46(83)73-39(20-31-9-13-34(78)14-10-31)53(90)72-38(8-6-18-65-57(61)62)51(88)76-43(26-77)55(92)93/h9-16,24,27-30,36-43,77-79H,5-8,17-23,25-26,58H2,1-4H3,(H,63,67)(H,66,86)(H,68,87)(H,69,89)(H,70,80)(H,71,91)(H,72,90)(H,73,83)(H,74,84)(H,75,85)(H,76,88)(H,81,82)(H,92,93)(H4,59,60,64)(H4,61,62,65)/t29-,30-,36-,37-,38-,39-,40-,41-,42-,43-/m0/s1. The molecule has 0 spiro atoms. The van der Waals surface area contributed by atoms with Crippen LogP contribution in [-0.4, -0.2) is 205 Å². The van der Waals surface area contributed by atoms with Crippen LogP contribution in [0, 0.1) is 5.92 Å². The third kappa shape index (κ3) is 28.8. The van der Waals surface area contributed by atoms with Crippen LogP contribution in [0.25, 0.3) is 0 Å². The van der Waals surface area contributed by atoms with Crippen molar-refractivity contribution in [2.75, 3.05) is 26.2 Å². The number of nitrogens with two attached hydrogens (primary N) is 5. The number of carbonyl (C=O) groups excluding carboxylic acids is 10. The van der Waals surface area contributed by atoms with Crippen molar-refractivity contribution in [3.63, 3.8) is 0 Å². The van der Waals surface area contributed by atoms with Crippen molar-refractivity contribution in [1.29, 1.82) is 0 Å². The number of phenols is 2. The maximum atomic E-state index is 14.0. The highest BCUT2D eigenvalue weighted by Gasteiger charge is 2.35. The van der Waals surface area contributed by atoms with E-state index in [1.807, 2.05) is 13.8 Å². The fourth-order valence-electron chi connectivity index (χ4n) is 8.69. The summed E-state index contributed by atoms with van der Waals surface area (Å²) in [6.45, 7) is 4.17. The minimum absolute atomic E-state index is 0.0202. The quantitative estimate of drug-likeness (QED) is 0.0143. The second-order valence-corrected chi connectivity index (χ2v) is 21.9. The summed E-state index contributed by atoms with van der Waals surface area (Å²) in [6, 6.07) is -3.75. The predicted octanol–water partition coefficient (Wildman–Crippen LogP) is -6.60. The number of H-pyrrole nitrogens is 1. The number of rotatable bonds is 40. The van der Waals surface area contributed by atoms with Gasteiger partial charge in [0.15, 0.2) is 11.9 Å². The summed E-state index contributed by atoms with van der Waals surface area (Å²) < 4.78 is 0. The molecule has 36 heteroatoms. The number of aliphatic imine (C=N–C) groups is 2. The fraction of sp³-hybridized carbons (Fsp3) is 0.491. The molecular formula is C57H85N19O17. The Hall–Kier alpha value is -10.6. The number of amides is 10. The molecule has 1 aromatic heterocycles. The number of guanidine groups is 2. The molecule has 93 heavy (non-hydrogen) atoms. The number of carboxylic acid groups (broad SMARTS) is 2. The van der Waals surface area contributed by atoms with E-state index >= 15 is 0 Å². The number of aliphatic hydroxyl groups excluding tert-OH is 1. The highest BCUT2D eigenvalue weighted by atomic mass is 16.4. The maximum Gasteiger partial charge on any atom is 0.328 e. The predicted molar refractivity (Wildman–Crippen MR) is 332 cm³/mol. The smallest absolute Gasteiger partial charge is 0.328 e.